The van der Waals surface area contributed by atoms with Crippen LogP contribution in [0.2, 0.25) is 0 Å². The molecule has 0 amide bonds. The van der Waals surface area contributed by atoms with Crippen LogP contribution in [0, 0.1) is 0 Å². The number of anilines is 2. The second kappa shape index (κ2) is 9.94. The Kier molecular flexibility index (Phi) is 7.09. The second-order valence-corrected chi connectivity index (χ2v) is 6.87. The van der Waals surface area contributed by atoms with E-state index in [0.717, 1.165) is 12.8 Å². The van der Waals surface area contributed by atoms with E-state index in [-0.39, 0.29) is 22.9 Å². The Morgan fingerprint density at radius 1 is 1.19 bits per heavy atom. The van der Waals surface area contributed by atoms with Crippen LogP contribution in [0.25, 0.3) is 0 Å². The van der Waals surface area contributed by atoms with Crippen molar-refractivity contribution in [3.63, 3.8) is 0 Å². The van der Waals surface area contributed by atoms with Gasteiger partial charge in [-0.05, 0) is 43.2 Å². The molecule has 0 saturated carbocycles. The molecule has 2 aliphatic heterocycles. The molecule has 164 valence electrons. The summed E-state index contributed by atoms with van der Waals surface area (Å²) in [4.78, 5) is 38.1. The van der Waals surface area contributed by atoms with Gasteiger partial charge in [0.05, 0.1) is 31.5 Å². The first kappa shape index (κ1) is 22.1. The molecule has 2 aliphatic rings. The first-order valence-electron chi connectivity index (χ1n) is 9.74. The Morgan fingerprint density at radius 2 is 1.97 bits per heavy atom. The Labute approximate surface area is 179 Å². The number of hydrogen-bond donors (Lipinski definition) is 2. The van der Waals surface area contributed by atoms with Gasteiger partial charge in [-0.3, -0.25) is 0 Å². The third-order valence-electron chi connectivity index (χ3n) is 4.95. The predicted octanol–water partition coefficient (Wildman–Crippen LogP) is 2.47. The lowest BCUT2D eigenvalue weighted by atomic mass is 10.1. The summed E-state index contributed by atoms with van der Waals surface area (Å²) >= 11 is 0. The van der Waals surface area contributed by atoms with Crippen LogP contribution >= 0.6 is 0 Å². The van der Waals surface area contributed by atoms with Gasteiger partial charge in [-0.1, -0.05) is 6.08 Å². The molecule has 0 bridgehead atoms. The van der Waals surface area contributed by atoms with Crippen molar-refractivity contribution < 1.29 is 33.7 Å². The molecule has 3 rings (SSSR count). The molecule has 31 heavy (non-hydrogen) atoms. The number of benzene rings is 1. The van der Waals surface area contributed by atoms with Crippen LogP contribution in [-0.2, 0) is 23.8 Å². The summed E-state index contributed by atoms with van der Waals surface area (Å²) in [6.45, 7) is 1.20. The zero-order valence-electron chi connectivity index (χ0n) is 17.3. The fraction of sp³-hybridized carbons (Fsp3) is 0.318. The molecule has 0 radical (unpaired) electrons. The van der Waals surface area contributed by atoms with Crippen molar-refractivity contribution in [3.8, 4) is 0 Å². The Morgan fingerprint density at radius 3 is 2.61 bits per heavy atom. The monoisotopic (exact) mass is 428 g/mol. The van der Waals surface area contributed by atoms with Crippen molar-refractivity contribution in [3.05, 3.63) is 59.5 Å². The molecular weight excluding hydrogens is 404 g/mol. The number of carboxylic acid groups (broad SMARTS) is 1. The molecule has 9 nitrogen and oxygen atoms in total. The van der Waals surface area contributed by atoms with Crippen molar-refractivity contribution in [2.75, 3.05) is 37.6 Å². The number of carboxylic acids is 1. The van der Waals surface area contributed by atoms with Crippen LogP contribution < -0.4 is 10.2 Å². The van der Waals surface area contributed by atoms with Crippen LogP contribution in [0.1, 0.15) is 23.2 Å². The van der Waals surface area contributed by atoms with Crippen molar-refractivity contribution in [2.45, 2.75) is 18.9 Å². The van der Waals surface area contributed by atoms with Gasteiger partial charge in [-0.25, -0.2) is 14.4 Å². The number of nitrogens with zero attached hydrogens (tertiary/aromatic N) is 1. The average Bonchev–Trinajstić information content (AvgIpc) is 3.20. The van der Waals surface area contributed by atoms with Gasteiger partial charge in [0, 0.05) is 30.7 Å². The van der Waals surface area contributed by atoms with Crippen molar-refractivity contribution in [1.82, 2.24) is 0 Å². The lowest BCUT2D eigenvalue weighted by Crippen LogP contribution is -2.27. The zero-order chi connectivity index (χ0) is 22.4. The summed E-state index contributed by atoms with van der Waals surface area (Å²) in [5, 5.41) is 12.9. The van der Waals surface area contributed by atoms with E-state index in [9.17, 15) is 19.5 Å². The number of allylic oxidation sites excluding steroid dienone is 2. The number of carbonyl (C=O) groups is 3. The maximum Gasteiger partial charge on any atom is 0.355 e. The highest BCUT2D eigenvalue weighted by Crippen LogP contribution is 2.30. The standard InChI is InChI=1S/C22H24N2O7/c1-29-21(27)16-7-3-4-10-24(19(16)22(28)30-2)14-8-9-18(17(12-14)20(25)26)23-13-15-6-5-11-31-15/h3-4,7-10,12,15,23H,5-6,11,13H2,1-2H3,(H,25,26). The molecule has 0 aliphatic carbocycles. The van der Waals surface area contributed by atoms with Gasteiger partial charge >= 0.3 is 17.9 Å². The largest absolute Gasteiger partial charge is 0.478 e. The van der Waals surface area contributed by atoms with Crippen molar-refractivity contribution >= 4 is 29.3 Å². The van der Waals surface area contributed by atoms with Crippen LogP contribution in [-0.4, -0.2) is 56.5 Å². The van der Waals surface area contributed by atoms with E-state index >= 15 is 0 Å². The van der Waals surface area contributed by atoms with Gasteiger partial charge in [0.1, 0.15) is 5.70 Å². The quantitative estimate of drug-likeness (QED) is 0.632. The highest BCUT2D eigenvalue weighted by Gasteiger charge is 2.28. The van der Waals surface area contributed by atoms with Crippen molar-refractivity contribution in [1.29, 1.82) is 0 Å². The number of ether oxygens (including phenoxy) is 3. The molecule has 1 unspecified atom stereocenters. The number of esters is 2. The molecule has 0 aromatic heterocycles. The molecular formula is C22H24N2O7. The molecule has 1 atom stereocenters. The maximum atomic E-state index is 12.5. The van der Waals surface area contributed by atoms with E-state index in [4.69, 9.17) is 14.2 Å². The number of aromatic carboxylic acids is 1. The van der Waals surface area contributed by atoms with Gasteiger partial charge in [0.2, 0.25) is 0 Å². The van der Waals surface area contributed by atoms with Gasteiger partial charge in [0.15, 0.2) is 0 Å². The van der Waals surface area contributed by atoms with E-state index < -0.39 is 17.9 Å². The number of nitrogens with one attached hydrogen (secondary N) is 1. The first-order valence-corrected chi connectivity index (χ1v) is 9.74. The number of carbonyl (C=O) groups excluding carboxylic acids is 2. The Hall–Kier alpha value is -3.59. The topological polar surface area (TPSA) is 114 Å². The fourth-order valence-corrected chi connectivity index (χ4v) is 3.41. The van der Waals surface area contributed by atoms with E-state index in [0.29, 0.717) is 24.5 Å². The molecule has 0 spiro atoms. The zero-order valence-corrected chi connectivity index (χ0v) is 17.3. The van der Waals surface area contributed by atoms with Crippen LogP contribution in [0.15, 0.2) is 53.9 Å². The summed E-state index contributed by atoms with van der Waals surface area (Å²) in [5.74, 6) is -2.63. The van der Waals surface area contributed by atoms with E-state index in [1.807, 2.05) is 0 Å². The molecule has 9 heteroatoms. The molecule has 1 saturated heterocycles. The lowest BCUT2D eigenvalue weighted by molar-refractivity contribution is -0.139. The molecule has 1 fully saturated rings. The second-order valence-electron chi connectivity index (χ2n) is 6.87. The third kappa shape index (κ3) is 4.95. The summed E-state index contributed by atoms with van der Waals surface area (Å²) in [6, 6.07) is 4.69. The number of methoxy groups -OCH3 is 2. The van der Waals surface area contributed by atoms with Crippen LogP contribution in [0.3, 0.4) is 0 Å². The minimum Gasteiger partial charge on any atom is -0.478 e. The smallest absolute Gasteiger partial charge is 0.355 e. The van der Waals surface area contributed by atoms with Crippen molar-refractivity contribution in [2.24, 2.45) is 0 Å². The fourth-order valence-electron chi connectivity index (χ4n) is 3.41. The minimum atomic E-state index is -1.13. The first-order chi connectivity index (χ1) is 15.0. The summed E-state index contributed by atoms with van der Waals surface area (Å²) < 4.78 is 15.2. The Bertz CT molecular complexity index is 959. The normalized spacial score (nSPS) is 18.0. The van der Waals surface area contributed by atoms with Crippen LogP contribution in [0.5, 0.6) is 0 Å². The van der Waals surface area contributed by atoms with E-state index in [1.54, 1.807) is 30.5 Å². The third-order valence-corrected chi connectivity index (χ3v) is 4.95. The highest BCUT2D eigenvalue weighted by molar-refractivity contribution is 6.06. The molecule has 1 aromatic carbocycles. The van der Waals surface area contributed by atoms with Gasteiger partial charge in [-0.15, -0.1) is 0 Å². The summed E-state index contributed by atoms with van der Waals surface area (Å²) in [6.07, 6.45) is 8.11. The Balaban J connectivity index is 2.00. The maximum absolute atomic E-state index is 12.5. The number of hydrogen-bond acceptors (Lipinski definition) is 8. The van der Waals surface area contributed by atoms with Crippen LogP contribution in [0.4, 0.5) is 11.4 Å². The lowest BCUT2D eigenvalue weighted by Gasteiger charge is -2.24. The predicted molar refractivity (Wildman–Crippen MR) is 113 cm³/mol. The average molecular weight is 428 g/mol. The summed E-state index contributed by atoms with van der Waals surface area (Å²) in [7, 11) is 2.40. The minimum absolute atomic E-state index is 0.0168. The van der Waals surface area contributed by atoms with E-state index in [2.05, 4.69) is 5.32 Å². The van der Waals surface area contributed by atoms with Gasteiger partial charge in [0.25, 0.3) is 0 Å². The molecule has 2 N–H and O–H groups in total. The van der Waals surface area contributed by atoms with E-state index in [1.165, 1.54) is 31.3 Å². The number of rotatable bonds is 7. The highest BCUT2D eigenvalue weighted by atomic mass is 16.5. The molecule has 1 aromatic rings. The van der Waals surface area contributed by atoms with Gasteiger partial charge in [-0.2, -0.15) is 0 Å². The van der Waals surface area contributed by atoms with Gasteiger partial charge < -0.3 is 29.5 Å². The SMILES string of the molecule is COC(=O)C1=C(C(=O)OC)N(c2ccc(NCC3CCCO3)c(C(=O)O)c2)C=CC=C1. The summed E-state index contributed by atoms with van der Waals surface area (Å²) in [5.41, 5.74) is 0.708. The molecule has 2 heterocycles.